The Morgan fingerprint density at radius 1 is 0.688 bits per heavy atom. The van der Waals surface area contributed by atoms with Crippen molar-refractivity contribution in [3.63, 3.8) is 0 Å². The van der Waals surface area contributed by atoms with Gasteiger partial charge in [0.2, 0.25) is 0 Å². The van der Waals surface area contributed by atoms with Gasteiger partial charge in [-0.05, 0) is 0 Å². The first-order chi connectivity index (χ1) is 14.9. The van der Waals surface area contributed by atoms with Gasteiger partial charge in [0.15, 0.2) is 24.8 Å². The molecule has 0 aliphatic carbocycles. The summed E-state index contributed by atoms with van der Waals surface area (Å²) in [5, 5.41) is 49.6. The zero-order chi connectivity index (χ0) is 24.2. The highest BCUT2D eigenvalue weighted by molar-refractivity contribution is 5.67. The summed E-state index contributed by atoms with van der Waals surface area (Å²) >= 11 is 0. The van der Waals surface area contributed by atoms with Gasteiger partial charge in [-0.1, -0.05) is 0 Å². The van der Waals surface area contributed by atoms with E-state index in [0.29, 0.717) is 0 Å². The molecule has 2 aliphatic rings. The second-order valence-electron chi connectivity index (χ2n) is 7.35. The van der Waals surface area contributed by atoms with Gasteiger partial charge in [0.05, 0.1) is 6.61 Å². The molecule has 32 heavy (non-hydrogen) atoms. The van der Waals surface area contributed by atoms with E-state index >= 15 is 0 Å². The molecule has 14 heteroatoms. The Bertz CT molecular complexity index is 670. The predicted octanol–water partition coefficient (Wildman–Crippen LogP) is -3.68. The monoisotopic (exact) mass is 468 g/mol. The van der Waals surface area contributed by atoms with Crippen molar-refractivity contribution in [1.82, 2.24) is 0 Å². The molecule has 10 atom stereocenters. The standard InChI is InChI=1S/C18H28O14/c1-6(19)27-5-10-15(29-7(2)20)16(30-8(3)21)14(25)18(32-10)28-4-9-11(22)12(23)13(24)17(26)31-9/h9-18,22-26H,4-5H2,1-3H3/t9-,10-,11+,12+,13-,14-,15-,16-,17?,18-/m1/s1. The van der Waals surface area contributed by atoms with Crippen LogP contribution in [0.3, 0.4) is 0 Å². The fourth-order valence-corrected chi connectivity index (χ4v) is 3.28. The van der Waals surface area contributed by atoms with Crippen LogP contribution in [0.5, 0.6) is 0 Å². The van der Waals surface area contributed by atoms with E-state index in [-0.39, 0.29) is 0 Å². The lowest BCUT2D eigenvalue weighted by molar-refractivity contribution is -0.327. The Hall–Kier alpha value is -1.91. The van der Waals surface area contributed by atoms with Crippen LogP contribution < -0.4 is 0 Å². The minimum Gasteiger partial charge on any atom is -0.463 e. The maximum atomic E-state index is 11.5. The van der Waals surface area contributed by atoms with Crippen molar-refractivity contribution in [2.45, 2.75) is 82.2 Å². The molecule has 2 fully saturated rings. The summed E-state index contributed by atoms with van der Waals surface area (Å²) in [7, 11) is 0. The molecule has 2 heterocycles. The van der Waals surface area contributed by atoms with Gasteiger partial charge in [0.1, 0.15) is 43.2 Å². The Morgan fingerprint density at radius 2 is 1.28 bits per heavy atom. The fourth-order valence-electron chi connectivity index (χ4n) is 3.28. The molecule has 1 unspecified atom stereocenters. The van der Waals surface area contributed by atoms with Crippen molar-refractivity contribution in [2.24, 2.45) is 0 Å². The van der Waals surface area contributed by atoms with Crippen molar-refractivity contribution in [2.75, 3.05) is 13.2 Å². The highest BCUT2D eigenvalue weighted by atomic mass is 16.7. The molecule has 5 N–H and O–H groups in total. The summed E-state index contributed by atoms with van der Waals surface area (Å²) in [4.78, 5) is 34.3. The maximum Gasteiger partial charge on any atom is 0.303 e. The van der Waals surface area contributed by atoms with E-state index < -0.39 is 92.5 Å². The largest absolute Gasteiger partial charge is 0.463 e. The number of aliphatic hydroxyl groups is 5. The molecule has 0 aromatic heterocycles. The second kappa shape index (κ2) is 11.3. The first-order valence-electron chi connectivity index (χ1n) is 9.73. The van der Waals surface area contributed by atoms with Crippen molar-refractivity contribution in [3.05, 3.63) is 0 Å². The van der Waals surface area contributed by atoms with Crippen LogP contribution in [-0.2, 0) is 42.8 Å². The van der Waals surface area contributed by atoms with E-state index in [1.807, 2.05) is 0 Å². The average Bonchev–Trinajstić information content (AvgIpc) is 2.70. The van der Waals surface area contributed by atoms with Crippen LogP contribution in [0, 0.1) is 0 Å². The molecule has 0 bridgehead atoms. The number of ether oxygens (including phenoxy) is 6. The van der Waals surface area contributed by atoms with Crippen LogP contribution in [0.1, 0.15) is 20.8 Å². The minimum atomic E-state index is -1.81. The summed E-state index contributed by atoms with van der Waals surface area (Å²) in [6.45, 7) is 2.28. The van der Waals surface area contributed by atoms with E-state index in [2.05, 4.69) is 0 Å². The molecule has 0 amide bonds. The lowest BCUT2D eigenvalue weighted by Gasteiger charge is -2.44. The number of hydrogen-bond acceptors (Lipinski definition) is 14. The van der Waals surface area contributed by atoms with Gasteiger partial charge in [-0.2, -0.15) is 0 Å². The Balaban J connectivity index is 2.17. The van der Waals surface area contributed by atoms with Crippen LogP contribution in [0.2, 0.25) is 0 Å². The number of carbonyl (C=O) groups is 3. The zero-order valence-electron chi connectivity index (χ0n) is 17.6. The van der Waals surface area contributed by atoms with Crippen LogP contribution in [-0.4, -0.2) is 118 Å². The van der Waals surface area contributed by atoms with Crippen molar-refractivity contribution in [3.8, 4) is 0 Å². The molecule has 2 aliphatic heterocycles. The SMILES string of the molecule is CC(=O)OC[C@H]1O[C@@H](OC[C@H]2OC(O)[C@H](O)[C@@H](O)[C@H]2O)[C@H](O)[C@@H](OC(C)=O)[C@@H]1OC(C)=O. The van der Waals surface area contributed by atoms with Crippen molar-refractivity contribution < 1.29 is 68.3 Å². The minimum absolute atomic E-state index is 0.441. The van der Waals surface area contributed by atoms with E-state index in [0.717, 1.165) is 20.8 Å². The van der Waals surface area contributed by atoms with Crippen LogP contribution in [0.4, 0.5) is 0 Å². The summed E-state index contributed by atoms with van der Waals surface area (Å²) in [6, 6.07) is 0. The number of hydrogen-bond donors (Lipinski definition) is 5. The third kappa shape index (κ3) is 6.55. The Kier molecular flexibility index (Phi) is 9.29. The van der Waals surface area contributed by atoms with E-state index in [9.17, 15) is 39.9 Å². The molecule has 0 aromatic rings. The van der Waals surface area contributed by atoms with Crippen LogP contribution >= 0.6 is 0 Å². The predicted molar refractivity (Wildman–Crippen MR) is 97.3 cm³/mol. The highest BCUT2D eigenvalue weighted by Crippen LogP contribution is 2.29. The zero-order valence-corrected chi connectivity index (χ0v) is 17.6. The summed E-state index contributed by atoms with van der Waals surface area (Å²) in [5.74, 6) is -2.28. The van der Waals surface area contributed by atoms with Gasteiger partial charge in [0.25, 0.3) is 0 Å². The molecule has 184 valence electrons. The molecule has 2 saturated heterocycles. The van der Waals surface area contributed by atoms with Gasteiger partial charge in [-0.25, -0.2) is 0 Å². The maximum absolute atomic E-state index is 11.5. The number of carbonyl (C=O) groups excluding carboxylic acids is 3. The smallest absolute Gasteiger partial charge is 0.303 e. The van der Waals surface area contributed by atoms with Gasteiger partial charge in [-0.15, -0.1) is 0 Å². The lowest BCUT2D eigenvalue weighted by Crippen LogP contribution is -2.63. The third-order valence-electron chi connectivity index (χ3n) is 4.78. The molecule has 0 aromatic carbocycles. The van der Waals surface area contributed by atoms with Crippen molar-refractivity contribution in [1.29, 1.82) is 0 Å². The van der Waals surface area contributed by atoms with E-state index in [1.165, 1.54) is 0 Å². The highest BCUT2D eigenvalue weighted by Gasteiger charge is 2.51. The Morgan fingerprint density at radius 3 is 1.84 bits per heavy atom. The van der Waals surface area contributed by atoms with Crippen molar-refractivity contribution >= 4 is 17.9 Å². The van der Waals surface area contributed by atoms with Crippen LogP contribution in [0.15, 0.2) is 0 Å². The van der Waals surface area contributed by atoms with Crippen LogP contribution in [0.25, 0.3) is 0 Å². The normalized spacial score (nSPS) is 39.8. The van der Waals surface area contributed by atoms with E-state index in [4.69, 9.17) is 28.4 Å². The first kappa shape index (κ1) is 26.3. The van der Waals surface area contributed by atoms with Gasteiger partial charge in [-0.3, -0.25) is 14.4 Å². The van der Waals surface area contributed by atoms with Gasteiger partial charge in [0, 0.05) is 20.8 Å². The summed E-state index contributed by atoms with van der Waals surface area (Å²) in [5.41, 5.74) is 0. The summed E-state index contributed by atoms with van der Waals surface area (Å²) < 4.78 is 31.0. The summed E-state index contributed by atoms with van der Waals surface area (Å²) in [6.07, 6.45) is -15.5. The van der Waals surface area contributed by atoms with E-state index in [1.54, 1.807) is 0 Å². The molecule has 0 saturated carbocycles. The molecular weight excluding hydrogens is 440 g/mol. The molecule has 0 spiro atoms. The Labute approximate surface area is 182 Å². The number of rotatable bonds is 7. The fraction of sp³-hybridized carbons (Fsp3) is 0.833. The molecule has 0 radical (unpaired) electrons. The lowest BCUT2D eigenvalue weighted by atomic mass is 9.98. The topological polar surface area (TPSA) is 208 Å². The quantitative estimate of drug-likeness (QED) is 0.180. The van der Waals surface area contributed by atoms with Gasteiger partial charge < -0.3 is 54.0 Å². The second-order valence-corrected chi connectivity index (χ2v) is 7.35. The third-order valence-corrected chi connectivity index (χ3v) is 4.78. The van der Waals surface area contributed by atoms with Gasteiger partial charge >= 0.3 is 17.9 Å². The number of esters is 3. The molecule has 14 nitrogen and oxygen atoms in total. The molecule has 2 rings (SSSR count). The first-order valence-corrected chi connectivity index (χ1v) is 9.73. The molecular formula is C18H28O14. The average molecular weight is 468 g/mol. The number of aliphatic hydroxyl groups excluding tert-OH is 5.